The van der Waals surface area contributed by atoms with Gasteiger partial charge < -0.3 is 17.2 Å². The summed E-state index contributed by atoms with van der Waals surface area (Å²) >= 11 is 0. The maximum atomic E-state index is 7.60. The van der Waals surface area contributed by atoms with Gasteiger partial charge in [-0.3, -0.25) is 5.26 Å². The van der Waals surface area contributed by atoms with Gasteiger partial charge in [0.25, 0.3) is 0 Å². The molecular weight excluding hydrogens is 159 g/mol. The van der Waals surface area contributed by atoms with E-state index in [1.165, 1.54) is 0 Å². The molecule has 5 nitrogen and oxygen atoms in total. The molecular formula is H9AlMgO5Si. The molecule has 48 valence electrons. The van der Waals surface area contributed by atoms with Gasteiger partial charge in [-0.05, 0) is 0 Å². The molecule has 0 amide bonds. The van der Waals surface area contributed by atoms with E-state index in [1.54, 1.807) is 0 Å². The molecule has 0 aromatic rings. The SMILES string of the molecule is OO[Si](O)(O)O.[AlH3].[H-].[H-].[Mg+2]. The maximum Gasteiger partial charge on any atom is 2.00 e. The summed E-state index contributed by atoms with van der Waals surface area (Å²) in [6.45, 7) is 0. The van der Waals surface area contributed by atoms with Crippen LogP contribution in [-0.2, 0) is 4.58 Å². The second kappa shape index (κ2) is 6.44. The van der Waals surface area contributed by atoms with E-state index in [1.807, 2.05) is 0 Å². The van der Waals surface area contributed by atoms with Crippen LogP contribution in [0.3, 0.4) is 0 Å². The third kappa shape index (κ3) is 15.7. The summed E-state index contributed by atoms with van der Waals surface area (Å²) in [4.78, 5) is 22.8. The van der Waals surface area contributed by atoms with Crippen molar-refractivity contribution in [2.45, 2.75) is 0 Å². The standard InChI is InChI=1S/Al.Mg.H4O5Si.5H/c;;1-5-6(2,3)4;;;;;/h;;1-4H;;;;;/q;+2;;;;;2*-1. The molecule has 0 aliphatic rings. The largest absolute Gasteiger partial charge is 2.00 e. The van der Waals surface area contributed by atoms with Crippen LogP contribution >= 0.6 is 0 Å². The smallest absolute Gasteiger partial charge is 1.00 e. The number of rotatable bonds is 1. The molecule has 8 heteroatoms. The maximum absolute atomic E-state index is 7.60. The van der Waals surface area contributed by atoms with E-state index in [-0.39, 0.29) is 43.3 Å². The summed E-state index contributed by atoms with van der Waals surface area (Å²) in [7, 11) is -4.58. The van der Waals surface area contributed by atoms with E-state index in [4.69, 9.17) is 19.6 Å². The van der Waals surface area contributed by atoms with Gasteiger partial charge in [0.15, 0.2) is 17.4 Å². The molecule has 0 saturated carbocycles. The fourth-order valence-electron chi connectivity index (χ4n) is 0. The van der Waals surface area contributed by atoms with Gasteiger partial charge in [-0.2, -0.15) is 4.58 Å². The third-order valence-corrected chi connectivity index (χ3v) is 0.367. The van der Waals surface area contributed by atoms with Crippen molar-refractivity contribution in [3.05, 3.63) is 0 Å². The third-order valence-electron chi connectivity index (χ3n) is 0.122. The van der Waals surface area contributed by atoms with Crippen LogP contribution in [0.1, 0.15) is 2.85 Å². The van der Waals surface area contributed by atoms with Gasteiger partial charge in [0.1, 0.15) is 0 Å². The van der Waals surface area contributed by atoms with Gasteiger partial charge in [0.05, 0.1) is 0 Å². The molecule has 0 fully saturated rings. The normalized spacial score (nSPS) is 9.00. The number of hydrogen-bond donors (Lipinski definition) is 4. The van der Waals surface area contributed by atoms with Crippen molar-refractivity contribution in [1.82, 2.24) is 0 Å². The number of hydrogen-bond acceptors (Lipinski definition) is 5. The van der Waals surface area contributed by atoms with E-state index in [2.05, 4.69) is 4.58 Å². The van der Waals surface area contributed by atoms with Crippen molar-refractivity contribution in [2.75, 3.05) is 0 Å². The molecule has 4 N–H and O–H groups in total. The average Bonchev–Trinajstić information content (AvgIpc) is 1.35. The molecule has 0 spiro atoms. The fourth-order valence-corrected chi connectivity index (χ4v) is 0. The van der Waals surface area contributed by atoms with Crippen molar-refractivity contribution in [3.8, 4) is 0 Å². The van der Waals surface area contributed by atoms with E-state index in [0.717, 1.165) is 0 Å². The molecule has 0 aromatic heterocycles. The van der Waals surface area contributed by atoms with Crippen LogP contribution in [0.2, 0.25) is 0 Å². The Hall–Kier alpha value is 1.32. The van der Waals surface area contributed by atoms with Crippen molar-refractivity contribution in [1.29, 1.82) is 0 Å². The van der Waals surface area contributed by atoms with Gasteiger partial charge in [-0.15, -0.1) is 0 Å². The second-order valence-electron chi connectivity index (χ2n) is 0.665. The summed E-state index contributed by atoms with van der Waals surface area (Å²) < 4.78 is 2.74. The zero-order chi connectivity index (χ0) is 5.21. The molecule has 0 aliphatic heterocycles. The molecule has 0 rings (SSSR count). The zero-order valence-corrected chi connectivity index (χ0v) is 5.82. The van der Waals surface area contributed by atoms with Crippen LogP contribution < -0.4 is 0 Å². The van der Waals surface area contributed by atoms with E-state index in [0.29, 0.717) is 0 Å². The fraction of sp³-hybridized carbons (Fsp3) is 0. The van der Waals surface area contributed by atoms with Crippen LogP contribution in [0, 0.1) is 0 Å². The predicted octanol–water partition coefficient (Wildman–Crippen LogP) is -3.45. The summed E-state index contributed by atoms with van der Waals surface area (Å²) in [6, 6.07) is 0. The second-order valence-corrected chi connectivity index (χ2v) is 2.00. The Balaban J connectivity index is -0.0000000208. The minimum absolute atomic E-state index is 0. The van der Waals surface area contributed by atoms with Crippen LogP contribution in [0.25, 0.3) is 0 Å². The Morgan fingerprint density at radius 1 is 1.25 bits per heavy atom. The van der Waals surface area contributed by atoms with Gasteiger partial charge in [0, 0.05) is 0 Å². The Morgan fingerprint density at radius 2 is 1.38 bits per heavy atom. The minimum atomic E-state index is -4.58. The van der Waals surface area contributed by atoms with E-state index in [9.17, 15) is 0 Å². The first-order chi connectivity index (χ1) is 2.56. The van der Waals surface area contributed by atoms with Gasteiger partial charge in [0.2, 0.25) is 0 Å². The molecule has 0 heterocycles. The first-order valence-electron chi connectivity index (χ1n) is 1.06. The van der Waals surface area contributed by atoms with Gasteiger partial charge in [-0.25, -0.2) is 0 Å². The van der Waals surface area contributed by atoms with Crippen molar-refractivity contribution >= 4 is 49.5 Å². The monoisotopic (exact) mass is 168 g/mol. The van der Waals surface area contributed by atoms with E-state index < -0.39 is 9.05 Å². The van der Waals surface area contributed by atoms with Gasteiger partial charge >= 0.3 is 32.1 Å². The summed E-state index contributed by atoms with van der Waals surface area (Å²) in [5.41, 5.74) is 0. The molecule has 0 aliphatic carbocycles. The Kier molecular flexibility index (Phi) is 13.0. The Labute approximate surface area is 76.6 Å². The predicted molar refractivity (Wildman–Crippen MR) is 34.0 cm³/mol. The van der Waals surface area contributed by atoms with Crippen LogP contribution in [0.5, 0.6) is 0 Å². The van der Waals surface area contributed by atoms with Gasteiger partial charge in [-0.1, -0.05) is 0 Å². The van der Waals surface area contributed by atoms with Crippen LogP contribution in [0.4, 0.5) is 0 Å². The topological polar surface area (TPSA) is 90.2 Å². The Bertz CT molecular complexity index is 49.4. The van der Waals surface area contributed by atoms with Crippen LogP contribution in [0.15, 0.2) is 0 Å². The average molecular weight is 168 g/mol. The van der Waals surface area contributed by atoms with Crippen LogP contribution in [-0.4, -0.2) is 69.1 Å². The van der Waals surface area contributed by atoms with Crippen molar-refractivity contribution in [2.24, 2.45) is 0 Å². The van der Waals surface area contributed by atoms with Crippen molar-refractivity contribution < 1.29 is 27.1 Å². The quantitative estimate of drug-likeness (QED) is 0.186. The molecule has 0 aromatic carbocycles. The molecule has 8 heavy (non-hydrogen) atoms. The zero-order valence-electron chi connectivity index (χ0n) is 5.40. The summed E-state index contributed by atoms with van der Waals surface area (Å²) in [5.74, 6) is 0. The summed E-state index contributed by atoms with van der Waals surface area (Å²) in [6.07, 6.45) is 0. The molecule has 0 bridgehead atoms. The first-order valence-corrected chi connectivity index (χ1v) is 2.81. The molecule has 0 unspecified atom stereocenters. The van der Waals surface area contributed by atoms with Crippen molar-refractivity contribution in [3.63, 3.8) is 0 Å². The molecule has 0 atom stereocenters. The Morgan fingerprint density at radius 3 is 1.38 bits per heavy atom. The minimum Gasteiger partial charge on any atom is -1.00 e. The molecule has 0 saturated heterocycles. The summed E-state index contributed by atoms with van der Waals surface area (Å²) in [5, 5.41) is 7.21. The molecule has 0 radical (unpaired) electrons. The first kappa shape index (κ1) is 16.1. The van der Waals surface area contributed by atoms with E-state index >= 15 is 0 Å².